The highest BCUT2D eigenvalue weighted by Crippen LogP contribution is 2.34. The van der Waals surface area contributed by atoms with E-state index in [1.165, 1.54) is 16.4 Å². The summed E-state index contributed by atoms with van der Waals surface area (Å²) >= 11 is 14.1. The Labute approximate surface area is 230 Å². The van der Waals surface area contributed by atoms with Gasteiger partial charge in [-0.3, -0.25) is 4.79 Å². The monoisotopic (exact) mass is 582 g/mol. The van der Waals surface area contributed by atoms with E-state index in [9.17, 15) is 13.2 Å². The third-order valence-corrected chi connectivity index (χ3v) is 10.8. The quantitative estimate of drug-likeness (QED) is 0.407. The normalized spacial score (nSPS) is 19.5. The van der Waals surface area contributed by atoms with E-state index in [0.29, 0.717) is 39.1 Å². The lowest BCUT2D eigenvalue weighted by atomic mass is 10.1. The number of carbonyl (C=O) groups excluding carboxylic acids is 1. The fraction of sp³-hybridized carbons (Fsp3) is 0.440. The Morgan fingerprint density at radius 2 is 1.73 bits per heavy atom. The molecule has 37 heavy (non-hydrogen) atoms. The maximum absolute atomic E-state index is 13.4. The van der Waals surface area contributed by atoms with E-state index in [4.69, 9.17) is 32.9 Å². The molecule has 2 fully saturated rings. The van der Waals surface area contributed by atoms with Crippen molar-refractivity contribution in [2.75, 3.05) is 50.8 Å². The smallest absolute Gasteiger partial charge is 0.248 e. The van der Waals surface area contributed by atoms with Crippen LogP contribution in [-0.2, 0) is 19.6 Å². The Morgan fingerprint density at radius 3 is 2.46 bits per heavy atom. The third kappa shape index (κ3) is 5.74. The molecule has 2 saturated heterocycles. The summed E-state index contributed by atoms with van der Waals surface area (Å²) in [6.45, 7) is 3.01. The summed E-state index contributed by atoms with van der Waals surface area (Å²) in [7, 11) is -3.90. The first-order valence-electron chi connectivity index (χ1n) is 12.3. The van der Waals surface area contributed by atoms with Gasteiger partial charge in [0, 0.05) is 38.8 Å². The van der Waals surface area contributed by atoms with Gasteiger partial charge >= 0.3 is 0 Å². The number of ether oxygens (including phenoxy) is 1. The highest BCUT2D eigenvalue weighted by molar-refractivity contribution is 7.89. The molecule has 1 amide bonds. The van der Waals surface area contributed by atoms with Gasteiger partial charge in [0.05, 0.1) is 26.9 Å². The zero-order valence-electron chi connectivity index (χ0n) is 20.2. The number of piperidine rings is 1. The van der Waals surface area contributed by atoms with E-state index in [2.05, 4.69) is 11.0 Å². The van der Waals surface area contributed by atoms with Crippen LogP contribution < -0.4 is 4.90 Å². The van der Waals surface area contributed by atoms with Crippen LogP contribution in [0.15, 0.2) is 47.4 Å². The molecule has 2 aliphatic rings. The SMILES string of the molecule is O=C(COCC1CCCCN1S(=O)(=O)c1c(Cl)cccc1Cl)N1CCN(c2nc3ccccc3s2)CC1. The Bertz CT molecular complexity index is 1320. The van der Waals surface area contributed by atoms with E-state index in [0.717, 1.165) is 28.2 Å². The van der Waals surface area contributed by atoms with Crippen LogP contribution in [0, 0.1) is 0 Å². The predicted molar refractivity (Wildman–Crippen MR) is 147 cm³/mol. The second-order valence-electron chi connectivity index (χ2n) is 9.16. The van der Waals surface area contributed by atoms with Crippen LogP contribution in [0.25, 0.3) is 10.2 Å². The Balaban J connectivity index is 1.15. The molecule has 8 nitrogen and oxygen atoms in total. The number of benzene rings is 2. The Morgan fingerprint density at radius 1 is 1.00 bits per heavy atom. The molecule has 0 radical (unpaired) electrons. The van der Waals surface area contributed by atoms with Gasteiger partial charge in [0.25, 0.3) is 0 Å². The Kier molecular flexibility index (Phi) is 8.23. The number of rotatable bonds is 7. The summed E-state index contributed by atoms with van der Waals surface area (Å²) in [5.74, 6) is -0.0942. The molecule has 0 bridgehead atoms. The first-order chi connectivity index (χ1) is 17.8. The summed E-state index contributed by atoms with van der Waals surface area (Å²) in [4.78, 5) is 21.5. The van der Waals surface area contributed by atoms with Crippen LogP contribution in [-0.4, -0.2) is 80.5 Å². The molecule has 0 saturated carbocycles. The number of hydrogen-bond acceptors (Lipinski definition) is 7. The number of carbonyl (C=O) groups is 1. The van der Waals surface area contributed by atoms with Crippen molar-refractivity contribution in [1.82, 2.24) is 14.2 Å². The second-order valence-corrected chi connectivity index (χ2v) is 12.8. The predicted octanol–water partition coefficient (Wildman–Crippen LogP) is 4.51. The fourth-order valence-corrected chi connectivity index (χ4v) is 8.61. The van der Waals surface area contributed by atoms with Gasteiger partial charge in [-0.2, -0.15) is 4.31 Å². The number of thiazole rings is 1. The molecule has 3 heterocycles. The number of amides is 1. The highest BCUT2D eigenvalue weighted by Gasteiger charge is 2.36. The number of nitrogens with zero attached hydrogens (tertiary/aromatic N) is 4. The number of para-hydroxylation sites is 1. The molecule has 5 rings (SSSR count). The van der Waals surface area contributed by atoms with Crippen LogP contribution in [0.1, 0.15) is 19.3 Å². The number of aromatic nitrogens is 1. The van der Waals surface area contributed by atoms with Gasteiger partial charge in [-0.25, -0.2) is 13.4 Å². The molecule has 198 valence electrons. The van der Waals surface area contributed by atoms with Crippen LogP contribution in [0.3, 0.4) is 0 Å². The fourth-order valence-electron chi connectivity index (χ4n) is 4.82. The minimum atomic E-state index is -3.90. The number of sulfonamides is 1. The molecule has 0 N–H and O–H groups in total. The largest absolute Gasteiger partial charge is 0.370 e. The summed E-state index contributed by atoms with van der Waals surface area (Å²) in [5.41, 5.74) is 0.991. The van der Waals surface area contributed by atoms with Crippen LogP contribution >= 0.6 is 34.5 Å². The first kappa shape index (κ1) is 26.6. The summed E-state index contributed by atoms with van der Waals surface area (Å²) < 4.78 is 35.2. The number of piperazine rings is 1. The van der Waals surface area contributed by atoms with Gasteiger partial charge in [0.1, 0.15) is 11.5 Å². The first-order valence-corrected chi connectivity index (χ1v) is 15.3. The maximum Gasteiger partial charge on any atom is 0.248 e. The number of halogens is 2. The molecule has 3 aromatic rings. The average Bonchev–Trinajstić information content (AvgIpc) is 3.33. The van der Waals surface area contributed by atoms with Crippen LogP contribution in [0.2, 0.25) is 10.0 Å². The van der Waals surface area contributed by atoms with Crippen molar-refractivity contribution >= 4 is 65.8 Å². The molecule has 2 aliphatic heterocycles. The van der Waals surface area contributed by atoms with Gasteiger partial charge in [-0.15, -0.1) is 0 Å². The summed E-state index contributed by atoms with van der Waals surface area (Å²) in [5, 5.41) is 1.16. The van der Waals surface area contributed by atoms with Gasteiger partial charge in [0.2, 0.25) is 15.9 Å². The minimum Gasteiger partial charge on any atom is -0.370 e. The van der Waals surface area contributed by atoms with E-state index in [1.807, 2.05) is 18.2 Å². The van der Waals surface area contributed by atoms with Crippen molar-refractivity contribution in [3.63, 3.8) is 0 Å². The third-order valence-electron chi connectivity index (χ3n) is 6.78. The Hall–Kier alpha value is -1.95. The van der Waals surface area contributed by atoms with Crippen LogP contribution in [0.4, 0.5) is 5.13 Å². The van der Waals surface area contributed by atoms with Crippen molar-refractivity contribution in [3.05, 3.63) is 52.5 Å². The molecule has 2 aromatic carbocycles. The van der Waals surface area contributed by atoms with Crippen molar-refractivity contribution in [1.29, 1.82) is 0 Å². The van der Waals surface area contributed by atoms with Gasteiger partial charge in [-0.05, 0) is 37.1 Å². The zero-order chi connectivity index (χ0) is 26.0. The topological polar surface area (TPSA) is 83.0 Å². The van der Waals surface area contributed by atoms with E-state index in [1.54, 1.807) is 22.3 Å². The molecule has 0 aliphatic carbocycles. The van der Waals surface area contributed by atoms with Crippen molar-refractivity contribution in [2.24, 2.45) is 0 Å². The van der Waals surface area contributed by atoms with Gasteiger partial charge < -0.3 is 14.5 Å². The van der Waals surface area contributed by atoms with Crippen LogP contribution in [0.5, 0.6) is 0 Å². The number of fused-ring (bicyclic) bond motifs is 1. The van der Waals surface area contributed by atoms with Crippen molar-refractivity contribution < 1.29 is 17.9 Å². The molecule has 1 atom stereocenters. The second kappa shape index (κ2) is 11.4. The number of hydrogen-bond donors (Lipinski definition) is 0. The van der Waals surface area contributed by atoms with Gasteiger partial charge in [0.15, 0.2) is 5.13 Å². The van der Waals surface area contributed by atoms with E-state index < -0.39 is 10.0 Å². The lowest BCUT2D eigenvalue weighted by molar-refractivity contribution is -0.137. The van der Waals surface area contributed by atoms with Crippen molar-refractivity contribution in [2.45, 2.75) is 30.2 Å². The molecule has 0 spiro atoms. The minimum absolute atomic E-state index is 0.0766. The lowest BCUT2D eigenvalue weighted by Crippen LogP contribution is -2.50. The number of anilines is 1. The molecule has 1 unspecified atom stereocenters. The summed E-state index contributed by atoms with van der Waals surface area (Å²) in [6.07, 6.45) is 2.28. The lowest BCUT2D eigenvalue weighted by Gasteiger charge is -2.36. The molecule has 1 aromatic heterocycles. The maximum atomic E-state index is 13.4. The highest BCUT2D eigenvalue weighted by atomic mass is 35.5. The average molecular weight is 584 g/mol. The molecular weight excluding hydrogens is 555 g/mol. The molecule has 12 heteroatoms. The standard InChI is InChI=1S/C25H28Cl2N4O4S2/c26-19-7-5-8-20(27)24(19)37(33,34)31-11-4-3-6-18(31)16-35-17-23(32)29-12-14-30(15-13-29)25-28-21-9-1-2-10-22(21)36-25/h1-2,5,7-10,18H,3-4,6,11-17H2. The van der Waals surface area contributed by atoms with E-state index in [-0.39, 0.29) is 40.1 Å². The molecular formula is C25H28Cl2N4O4S2. The summed E-state index contributed by atoms with van der Waals surface area (Å²) in [6, 6.07) is 12.3. The van der Waals surface area contributed by atoms with Gasteiger partial charge in [-0.1, -0.05) is 59.2 Å². The zero-order valence-corrected chi connectivity index (χ0v) is 23.3. The van der Waals surface area contributed by atoms with E-state index >= 15 is 0 Å². The van der Waals surface area contributed by atoms with Crippen molar-refractivity contribution in [3.8, 4) is 0 Å².